The van der Waals surface area contributed by atoms with Gasteiger partial charge in [-0.25, -0.2) is 4.98 Å². The number of hydrogen-bond donors (Lipinski definition) is 1. The number of benzene rings is 1. The third kappa shape index (κ3) is 5.80. The maximum Gasteiger partial charge on any atom is 0.308 e. The molecular formula is C28H31N3O6S. The van der Waals surface area contributed by atoms with Crippen molar-refractivity contribution in [3.8, 4) is 11.5 Å². The Kier molecular flexibility index (Phi) is 8.31. The van der Waals surface area contributed by atoms with Gasteiger partial charge in [0, 0.05) is 6.20 Å². The first-order chi connectivity index (χ1) is 18.2. The lowest BCUT2D eigenvalue weighted by Crippen LogP contribution is -2.30. The van der Waals surface area contributed by atoms with Gasteiger partial charge in [0.25, 0.3) is 11.5 Å². The van der Waals surface area contributed by atoms with Gasteiger partial charge in [0.05, 0.1) is 43.0 Å². The lowest BCUT2D eigenvalue weighted by molar-refractivity contribution is -0.143. The Labute approximate surface area is 224 Å². The molecule has 4 aromatic rings. The molecule has 4 rings (SSSR count). The molecule has 0 aliphatic heterocycles. The fourth-order valence-corrected chi connectivity index (χ4v) is 4.94. The number of thiophene rings is 1. The third-order valence-corrected chi connectivity index (χ3v) is 6.93. The summed E-state index contributed by atoms with van der Waals surface area (Å²) < 4.78 is 18.0. The van der Waals surface area contributed by atoms with Gasteiger partial charge in [-0.05, 0) is 55.2 Å². The highest BCUT2D eigenvalue weighted by Gasteiger charge is 2.24. The molecule has 1 amide bonds. The zero-order chi connectivity index (χ0) is 27.4. The standard InChI is InChI=1S/C28H31N3O6S/c1-6-36-24(32)14-20(18-9-10-21(22(12-18)35-5)37-15-16(2)3)29-26(33)23-13-19-27(38-23)30-25-17(4)8-7-11-31(25)28(19)34/h7-13,16,20H,6,14-15H2,1-5H3,(H,29,33). The van der Waals surface area contributed by atoms with Crippen LogP contribution in [0.3, 0.4) is 0 Å². The number of carbonyl (C=O) groups is 2. The largest absolute Gasteiger partial charge is 0.493 e. The van der Waals surface area contributed by atoms with Crippen LogP contribution in [0.25, 0.3) is 15.9 Å². The molecule has 3 heterocycles. The molecule has 1 aromatic carbocycles. The van der Waals surface area contributed by atoms with Crippen LogP contribution in [-0.2, 0) is 9.53 Å². The van der Waals surface area contributed by atoms with Crippen molar-refractivity contribution in [2.75, 3.05) is 20.3 Å². The molecule has 200 valence electrons. The monoisotopic (exact) mass is 537 g/mol. The van der Waals surface area contributed by atoms with Crippen molar-refractivity contribution < 1.29 is 23.8 Å². The van der Waals surface area contributed by atoms with E-state index in [1.54, 1.807) is 43.5 Å². The summed E-state index contributed by atoms with van der Waals surface area (Å²) in [7, 11) is 1.54. The maximum atomic E-state index is 13.4. The lowest BCUT2D eigenvalue weighted by Gasteiger charge is -2.20. The average molecular weight is 538 g/mol. The number of nitrogens with one attached hydrogen (secondary N) is 1. The average Bonchev–Trinajstić information content (AvgIpc) is 3.33. The van der Waals surface area contributed by atoms with E-state index in [2.05, 4.69) is 10.3 Å². The zero-order valence-corrected chi connectivity index (χ0v) is 22.9. The molecule has 0 aliphatic rings. The van der Waals surface area contributed by atoms with Crippen LogP contribution in [0.15, 0.2) is 47.4 Å². The van der Waals surface area contributed by atoms with Gasteiger partial charge in [-0.2, -0.15) is 0 Å². The Morgan fingerprint density at radius 1 is 1.16 bits per heavy atom. The van der Waals surface area contributed by atoms with Crippen LogP contribution in [0.4, 0.5) is 0 Å². The molecule has 3 aromatic heterocycles. The zero-order valence-electron chi connectivity index (χ0n) is 22.1. The van der Waals surface area contributed by atoms with Gasteiger partial charge < -0.3 is 19.5 Å². The second kappa shape index (κ2) is 11.6. The van der Waals surface area contributed by atoms with Crippen molar-refractivity contribution >= 4 is 39.1 Å². The van der Waals surface area contributed by atoms with E-state index in [4.69, 9.17) is 14.2 Å². The SMILES string of the molecule is CCOC(=O)CC(NC(=O)c1cc2c(=O)n3cccc(C)c3nc2s1)c1ccc(OCC(C)C)c(OC)c1. The van der Waals surface area contributed by atoms with Crippen molar-refractivity contribution in [3.63, 3.8) is 0 Å². The van der Waals surface area contributed by atoms with Crippen molar-refractivity contribution in [2.24, 2.45) is 5.92 Å². The number of hydrogen-bond acceptors (Lipinski definition) is 8. The number of amides is 1. The van der Waals surface area contributed by atoms with Crippen LogP contribution in [0.5, 0.6) is 11.5 Å². The summed E-state index contributed by atoms with van der Waals surface area (Å²) in [5.74, 6) is 0.527. The number of carbonyl (C=O) groups excluding carboxylic acids is 2. The second-order valence-electron chi connectivity index (χ2n) is 9.28. The summed E-state index contributed by atoms with van der Waals surface area (Å²) in [5, 5.41) is 3.29. The Bertz CT molecular complexity index is 1540. The van der Waals surface area contributed by atoms with Crippen molar-refractivity contribution in [1.29, 1.82) is 0 Å². The van der Waals surface area contributed by atoms with E-state index in [0.717, 1.165) is 16.9 Å². The number of fused-ring (bicyclic) bond motifs is 2. The Morgan fingerprint density at radius 2 is 1.95 bits per heavy atom. The van der Waals surface area contributed by atoms with Crippen molar-refractivity contribution in [3.05, 3.63) is 69.0 Å². The van der Waals surface area contributed by atoms with Crippen molar-refractivity contribution in [2.45, 2.75) is 40.2 Å². The Balaban J connectivity index is 1.66. The van der Waals surface area contributed by atoms with Crippen LogP contribution < -0.4 is 20.3 Å². The first-order valence-electron chi connectivity index (χ1n) is 12.4. The number of esters is 1. The minimum Gasteiger partial charge on any atom is -0.493 e. The van der Waals surface area contributed by atoms with E-state index in [-0.39, 0.29) is 18.6 Å². The molecule has 10 heteroatoms. The predicted molar refractivity (Wildman–Crippen MR) is 146 cm³/mol. The van der Waals surface area contributed by atoms with Crippen LogP contribution >= 0.6 is 11.3 Å². The number of methoxy groups -OCH3 is 1. The van der Waals surface area contributed by atoms with Crippen molar-refractivity contribution in [1.82, 2.24) is 14.7 Å². The van der Waals surface area contributed by atoms with Gasteiger partial charge in [-0.3, -0.25) is 18.8 Å². The summed E-state index contributed by atoms with van der Waals surface area (Å²) in [5.41, 5.74) is 1.82. The molecule has 0 saturated carbocycles. The van der Waals surface area contributed by atoms with Gasteiger partial charge in [0.2, 0.25) is 0 Å². The highest BCUT2D eigenvalue weighted by atomic mass is 32.1. The normalized spacial score (nSPS) is 12.1. The molecule has 0 saturated heterocycles. The van der Waals surface area contributed by atoms with Gasteiger partial charge in [0.15, 0.2) is 11.5 Å². The van der Waals surface area contributed by atoms with E-state index >= 15 is 0 Å². The highest BCUT2D eigenvalue weighted by Crippen LogP contribution is 2.32. The molecule has 0 radical (unpaired) electrons. The fourth-order valence-electron chi connectivity index (χ4n) is 4.01. The number of aryl methyl sites for hydroxylation is 1. The number of ether oxygens (including phenoxy) is 3. The molecule has 9 nitrogen and oxygen atoms in total. The second-order valence-corrected chi connectivity index (χ2v) is 10.3. The van der Waals surface area contributed by atoms with Gasteiger partial charge >= 0.3 is 5.97 Å². The van der Waals surface area contributed by atoms with Crippen LogP contribution in [0.1, 0.15) is 54.0 Å². The smallest absolute Gasteiger partial charge is 0.308 e. The van der Waals surface area contributed by atoms with Crippen LogP contribution in [0.2, 0.25) is 0 Å². The summed E-state index contributed by atoms with van der Waals surface area (Å²) >= 11 is 1.13. The fraction of sp³-hybridized carbons (Fsp3) is 0.357. The quantitative estimate of drug-likeness (QED) is 0.293. The summed E-state index contributed by atoms with van der Waals surface area (Å²) in [6.45, 7) is 8.45. The molecule has 0 spiro atoms. The van der Waals surface area contributed by atoms with E-state index in [1.165, 1.54) is 11.5 Å². The summed E-state index contributed by atoms with van der Waals surface area (Å²) in [4.78, 5) is 44.2. The summed E-state index contributed by atoms with van der Waals surface area (Å²) in [6.07, 6.45) is 1.58. The summed E-state index contributed by atoms with van der Waals surface area (Å²) in [6, 6.07) is 9.80. The minimum atomic E-state index is -0.699. The van der Waals surface area contributed by atoms with E-state index in [0.29, 0.717) is 50.3 Å². The van der Waals surface area contributed by atoms with Gasteiger partial charge in [-0.1, -0.05) is 26.0 Å². The Hall–Kier alpha value is -3.92. The topological polar surface area (TPSA) is 108 Å². The third-order valence-electron chi connectivity index (χ3n) is 5.90. The first kappa shape index (κ1) is 27.1. The van der Waals surface area contributed by atoms with Crippen LogP contribution in [0, 0.1) is 12.8 Å². The van der Waals surface area contributed by atoms with E-state index in [1.807, 2.05) is 26.8 Å². The van der Waals surface area contributed by atoms with E-state index < -0.39 is 17.9 Å². The van der Waals surface area contributed by atoms with Gasteiger partial charge in [-0.15, -0.1) is 11.3 Å². The van der Waals surface area contributed by atoms with Crippen LogP contribution in [-0.4, -0.2) is 41.6 Å². The molecule has 0 bridgehead atoms. The molecule has 1 atom stereocenters. The molecule has 38 heavy (non-hydrogen) atoms. The first-order valence-corrected chi connectivity index (χ1v) is 13.2. The molecule has 0 aliphatic carbocycles. The number of rotatable bonds is 10. The Morgan fingerprint density at radius 3 is 2.66 bits per heavy atom. The maximum absolute atomic E-state index is 13.4. The number of pyridine rings is 1. The van der Waals surface area contributed by atoms with Gasteiger partial charge in [0.1, 0.15) is 10.5 Å². The number of nitrogens with zero attached hydrogens (tertiary/aromatic N) is 2. The molecular weight excluding hydrogens is 506 g/mol. The highest BCUT2D eigenvalue weighted by molar-refractivity contribution is 7.20. The van der Waals surface area contributed by atoms with E-state index in [9.17, 15) is 14.4 Å². The molecule has 0 fully saturated rings. The minimum absolute atomic E-state index is 0.0795. The predicted octanol–water partition coefficient (Wildman–Crippen LogP) is 4.69. The molecule has 1 N–H and O–H groups in total. The lowest BCUT2D eigenvalue weighted by atomic mass is 10.0. The molecule has 1 unspecified atom stereocenters. The number of aromatic nitrogens is 2.